The standard InChI is InChI=1S/C16H27FN2/c1-12(2)10-19(5)11-15-8-14(6-7-16(15)17)9-18-13(3)4/h6-8,12-13,18H,9-11H2,1-5H3. The van der Waals surface area contributed by atoms with Crippen molar-refractivity contribution in [1.29, 1.82) is 0 Å². The summed E-state index contributed by atoms with van der Waals surface area (Å²) in [4.78, 5) is 2.17. The third-order valence-corrected chi connectivity index (χ3v) is 2.94. The molecule has 0 saturated carbocycles. The van der Waals surface area contributed by atoms with Gasteiger partial charge in [0.25, 0.3) is 0 Å². The Morgan fingerprint density at radius 1 is 1.21 bits per heavy atom. The second kappa shape index (κ2) is 7.61. The molecule has 2 nitrogen and oxygen atoms in total. The predicted molar refractivity (Wildman–Crippen MR) is 79.5 cm³/mol. The van der Waals surface area contributed by atoms with E-state index in [1.54, 1.807) is 6.07 Å². The van der Waals surface area contributed by atoms with Gasteiger partial charge >= 0.3 is 0 Å². The van der Waals surface area contributed by atoms with E-state index in [1.165, 1.54) is 0 Å². The highest BCUT2D eigenvalue weighted by molar-refractivity contribution is 5.25. The highest BCUT2D eigenvalue weighted by atomic mass is 19.1. The summed E-state index contributed by atoms with van der Waals surface area (Å²) in [7, 11) is 2.04. The van der Waals surface area contributed by atoms with Crippen LogP contribution in [0.25, 0.3) is 0 Å². The van der Waals surface area contributed by atoms with Gasteiger partial charge in [-0.2, -0.15) is 0 Å². The van der Waals surface area contributed by atoms with Gasteiger partial charge in [0.15, 0.2) is 0 Å². The molecule has 108 valence electrons. The Hall–Kier alpha value is -0.930. The molecular formula is C16H27FN2. The molecule has 1 aromatic carbocycles. The Bertz CT molecular complexity index is 388. The Morgan fingerprint density at radius 2 is 1.89 bits per heavy atom. The van der Waals surface area contributed by atoms with Crippen LogP contribution in [0.5, 0.6) is 0 Å². The van der Waals surface area contributed by atoms with Crippen molar-refractivity contribution in [2.24, 2.45) is 5.92 Å². The maximum absolute atomic E-state index is 13.8. The predicted octanol–water partition coefficient (Wildman–Crippen LogP) is 3.41. The molecular weight excluding hydrogens is 239 g/mol. The largest absolute Gasteiger partial charge is 0.310 e. The van der Waals surface area contributed by atoms with Crippen LogP contribution in [0.4, 0.5) is 4.39 Å². The van der Waals surface area contributed by atoms with Crippen LogP contribution in [0.2, 0.25) is 0 Å². The quantitative estimate of drug-likeness (QED) is 0.813. The van der Waals surface area contributed by atoms with Crippen LogP contribution in [-0.4, -0.2) is 24.5 Å². The fraction of sp³-hybridized carbons (Fsp3) is 0.625. The molecule has 0 atom stereocenters. The fourth-order valence-electron chi connectivity index (χ4n) is 2.16. The average molecular weight is 266 g/mol. The van der Waals surface area contributed by atoms with E-state index in [2.05, 4.69) is 37.9 Å². The molecule has 0 fully saturated rings. The molecule has 0 aromatic heterocycles. The van der Waals surface area contributed by atoms with Gasteiger partial charge in [-0.15, -0.1) is 0 Å². The molecule has 0 radical (unpaired) electrons. The van der Waals surface area contributed by atoms with Crippen LogP contribution >= 0.6 is 0 Å². The number of nitrogens with one attached hydrogen (secondary N) is 1. The van der Waals surface area contributed by atoms with Crippen LogP contribution in [0.1, 0.15) is 38.8 Å². The van der Waals surface area contributed by atoms with Crippen LogP contribution < -0.4 is 5.32 Å². The highest BCUT2D eigenvalue weighted by Crippen LogP contribution is 2.13. The first-order valence-corrected chi connectivity index (χ1v) is 7.07. The molecule has 0 bridgehead atoms. The van der Waals surface area contributed by atoms with Crippen molar-refractivity contribution in [2.45, 2.75) is 46.8 Å². The van der Waals surface area contributed by atoms with Crippen LogP contribution in [-0.2, 0) is 13.1 Å². The van der Waals surface area contributed by atoms with Crippen molar-refractivity contribution in [3.05, 3.63) is 35.1 Å². The first-order valence-electron chi connectivity index (χ1n) is 7.07. The Morgan fingerprint density at radius 3 is 2.47 bits per heavy atom. The molecule has 0 heterocycles. The summed E-state index contributed by atoms with van der Waals surface area (Å²) < 4.78 is 13.8. The fourth-order valence-corrected chi connectivity index (χ4v) is 2.16. The van der Waals surface area contributed by atoms with Crippen LogP contribution in [0, 0.1) is 11.7 Å². The van der Waals surface area contributed by atoms with E-state index in [4.69, 9.17) is 0 Å². The zero-order valence-corrected chi connectivity index (χ0v) is 12.8. The smallest absolute Gasteiger partial charge is 0.127 e. The van der Waals surface area contributed by atoms with Gasteiger partial charge in [0.2, 0.25) is 0 Å². The number of benzene rings is 1. The minimum absolute atomic E-state index is 0.107. The zero-order valence-electron chi connectivity index (χ0n) is 12.8. The van der Waals surface area contributed by atoms with Crippen molar-refractivity contribution < 1.29 is 4.39 Å². The maximum Gasteiger partial charge on any atom is 0.127 e. The van der Waals surface area contributed by atoms with Gasteiger partial charge in [-0.05, 0) is 24.6 Å². The van der Waals surface area contributed by atoms with Gasteiger partial charge in [-0.1, -0.05) is 39.8 Å². The molecule has 0 spiro atoms. The van der Waals surface area contributed by atoms with Gasteiger partial charge in [0.1, 0.15) is 5.82 Å². The highest BCUT2D eigenvalue weighted by Gasteiger charge is 2.08. The van der Waals surface area contributed by atoms with E-state index < -0.39 is 0 Å². The maximum atomic E-state index is 13.8. The SMILES string of the molecule is CC(C)CN(C)Cc1cc(CNC(C)C)ccc1F. The minimum atomic E-state index is -0.107. The summed E-state index contributed by atoms with van der Waals surface area (Å²) in [6.07, 6.45) is 0. The van der Waals surface area contributed by atoms with Crippen molar-refractivity contribution >= 4 is 0 Å². The normalized spacial score (nSPS) is 11.8. The first-order chi connectivity index (χ1) is 8.88. The van der Waals surface area contributed by atoms with Gasteiger partial charge in [0.05, 0.1) is 0 Å². The van der Waals surface area contributed by atoms with Crippen molar-refractivity contribution in [2.75, 3.05) is 13.6 Å². The lowest BCUT2D eigenvalue weighted by atomic mass is 10.1. The van der Waals surface area contributed by atoms with Crippen molar-refractivity contribution in [3.8, 4) is 0 Å². The van der Waals surface area contributed by atoms with Gasteiger partial charge in [-0.25, -0.2) is 4.39 Å². The van der Waals surface area contributed by atoms with E-state index in [0.29, 0.717) is 18.5 Å². The number of hydrogen-bond donors (Lipinski definition) is 1. The van der Waals surface area contributed by atoms with Gasteiger partial charge in [-0.3, -0.25) is 0 Å². The molecule has 0 aliphatic carbocycles. The summed E-state index contributed by atoms with van der Waals surface area (Å²) in [5.41, 5.74) is 1.93. The molecule has 1 rings (SSSR count). The third kappa shape index (κ3) is 6.17. The van der Waals surface area contributed by atoms with Gasteiger partial charge in [0, 0.05) is 31.2 Å². The molecule has 1 aromatic rings. The summed E-state index contributed by atoms with van der Waals surface area (Å²) in [6, 6.07) is 5.85. The van der Waals surface area contributed by atoms with E-state index in [-0.39, 0.29) is 5.82 Å². The monoisotopic (exact) mass is 266 g/mol. The Kier molecular flexibility index (Phi) is 6.46. The summed E-state index contributed by atoms with van der Waals surface area (Å²) in [6.45, 7) is 11.0. The molecule has 0 saturated heterocycles. The summed E-state index contributed by atoms with van der Waals surface area (Å²) >= 11 is 0. The molecule has 0 aliphatic heterocycles. The molecule has 3 heteroatoms. The number of rotatable bonds is 7. The first kappa shape index (κ1) is 16.1. The van der Waals surface area contributed by atoms with Crippen molar-refractivity contribution in [3.63, 3.8) is 0 Å². The lowest BCUT2D eigenvalue weighted by Crippen LogP contribution is -2.24. The Labute approximate surface area is 117 Å². The Balaban J connectivity index is 2.68. The second-order valence-electron chi connectivity index (χ2n) is 6.05. The minimum Gasteiger partial charge on any atom is -0.310 e. The lowest BCUT2D eigenvalue weighted by Gasteiger charge is -2.20. The second-order valence-corrected chi connectivity index (χ2v) is 6.05. The van der Waals surface area contributed by atoms with E-state index in [9.17, 15) is 4.39 Å². The van der Waals surface area contributed by atoms with Gasteiger partial charge < -0.3 is 10.2 Å². The molecule has 1 N–H and O–H groups in total. The third-order valence-electron chi connectivity index (χ3n) is 2.94. The summed E-state index contributed by atoms with van der Waals surface area (Å²) in [5.74, 6) is 0.489. The molecule has 0 amide bonds. The number of hydrogen-bond acceptors (Lipinski definition) is 2. The summed E-state index contributed by atoms with van der Waals surface area (Å²) in [5, 5.41) is 3.36. The lowest BCUT2D eigenvalue weighted by molar-refractivity contribution is 0.284. The van der Waals surface area contributed by atoms with Crippen LogP contribution in [0.3, 0.4) is 0 Å². The van der Waals surface area contributed by atoms with E-state index in [0.717, 1.165) is 24.2 Å². The van der Waals surface area contributed by atoms with Crippen LogP contribution in [0.15, 0.2) is 18.2 Å². The van der Waals surface area contributed by atoms with E-state index >= 15 is 0 Å². The average Bonchev–Trinajstić information content (AvgIpc) is 2.29. The number of halogens is 1. The van der Waals surface area contributed by atoms with Crippen molar-refractivity contribution in [1.82, 2.24) is 10.2 Å². The molecule has 0 aliphatic rings. The molecule has 19 heavy (non-hydrogen) atoms. The van der Waals surface area contributed by atoms with E-state index in [1.807, 2.05) is 19.2 Å². The number of nitrogens with zero attached hydrogens (tertiary/aromatic N) is 1. The molecule has 0 unspecified atom stereocenters. The topological polar surface area (TPSA) is 15.3 Å². The zero-order chi connectivity index (χ0) is 14.4.